The number of likely N-dealkylation sites (N-methyl/N-ethyl adjacent to an activating group) is 1. The number of nitrogens with one attached hydrogen (secondary N) is 1. The van der Waals surface area contributed by atoms with Gasteiger partial charge in [0.1, 0.15) is 17.6 Å². The second-order valence-corrected chi connectivity index (χ2v) is 8.03. The average Bonchev–Trinajstić information content (AvgIpc) is 2.83. The fourth-order valence-corrected chi connectivity index (χ4v) is 3.59. The molecule has 0 aliphatic rings. The Morgan fingerprint density at radius 2 is 1.67 bits per heavy atom. The second kappa shape index (κ2) is 11.3. The normalized spacial score (nSPS) is 11.5. The highest BCUT2D eigenvalue weighted by Crippen LogP contribution is 2.20. The Morgan fingerprint density at radius 3 is 2.33 bits per heavy atom. The van der Waals surface area contributed by atoms with Crippen LogP contribution in [0.2, 0.25) is 0 Å². The highest BCUT2D eigenvalue weighted by Gasteiger charge is 2.30. The Bertz CT molecular complexity index is 1080. The maximum atomic E-state index is 13.4. The minimum atomic E-state index is -0.753. The number of hydrogen-bond donors (Lipinski definition) is 1. The van der Waals surface area contributed by atoms with Crippen LogP contribution < -0.4 is 10.1 Å². The molecular formula is C27H29FN2O3. The molecule has 0 fully saturated rings. The van der Waals surface area contributed by atoms with E-state index in [1.54, 1.807) is 19.2 Å². The molecule has 6 heteroatoms. The van der Waals surface area contributed by atoms with E-state index in [1.165, 1.54) is 17.0 Å². The first-order chi connectivity index (χ1) is 15.9. The van der Waals surface area contributed by atoms with Crippen LogP contribution in [0.5, 0.6) is 5.75 Å². The Labute approximate surface area is 194 Å². The molecule has 3 aromatic carbocycles. The standard InChI is InChI=1S/C27H29FN2O3/c1-19-9-10-20(2)25(15-19)33-18-26(31)30(17-22-11-13-23(28)14-12-22)24(27(32)29-3)16-21-7-5-4-6-8-21/h4-15,24H,16-18H2,1-3H3,(H,29,32)/t24-/m0/s1. The zero-order valence-corrected chi connectivity index (χ0v) is 19.2. The molecule has 33 heavy (non-hydrogen) atoms. The number of carbonyl (C=O) groups excluding carboxylic acids is 2. The van der Waals surface area contributed by atoms with Gasteiger partial charge in [-0.25, -0.2) is 4.39 Å². The van der Waals surface area contributed by atoms with Crippen molar-refractivity contribution in [3.63, 3.8) is 0 Å². The van der Waals surface area contributed by atoms with Gasteiger partial charge in [-0.3, -0.25) is 9.59 Å². The molecule has 0 saturated heterocycles. The smallest absolute Gasteiger partial charge is 0.261 e. The Hall–Kier alpha value is -3.67. The third-order valence-electron chi connectivity index (χ3n) is 5.48. The van der Waals surface area contributed by atoms with Gasteiger partial charge in [-0.1, -0.05) is 54.6 Å². The number of benzene rings is 3. The van der Waals surface area contributed by atoms with Crippen LogP contribution in [0.3, 0.4) is 0 Å². The van der Waals surface area contributed by atoms with Crippen molar-refractivity contribution in [1.82, 2.24) is 10.2 Å². The fourth-order valence-electron chi connectivity index (χ4n) is 3.59. The van der Waals surface area contributed by atoms with Crippen LogP contribution in [0.1, 0.15) is 22.3 Å². The van der Waals surface area contributed by atoms with Gasteiger partial charge in [0.2, 0.25) is 5.91 Å². The minimum absolute atomic E-state index is 0.153. The van der Waals surface area contributed by atoms with E-state index in [1.807, 2.05) is 62.4 Å². The predicted octanol–water partition coefficient (Wildman–Crippen LogP) is 4.21. The summed E-state index contributed by atoms with van der Waals surface area (Å²) in [5, 5.41) is 2.67. The van der Waals surface area contributed by atoms with Crippen LogP contribution in [0.25, 0.3) is 0 Å². The molecule has 5 nitrogen and oxygen atoms in total. The van der Waals surface area contributed by atoms with Crippen molar-refractivity contribution >= 4 is 11.8 Å². The second-order valence-electron chi connectivity index (χ2n) is 8.03. The van der Waals surface area contributed by atoms with E-state index in [9.17, 15) is 14.0 Å². The molecule has 3 rings (SSSR count). The van der Waals surface area contributed by atoms with E-state index in [4.69, 9.17) is 4.74 Å². The molecule has 0 aromatic heterocycles. The summed E-state index contributed by atoms with van der Waals surface area (Å²) in [5.41, 5.74) is 3.60. The molecule has 0 heterocycles. The maximum absolute atomic E-state index is 13.4. The first-order valence-corrected chi connectivity index (χ1v) is 10.9. The van der Waals surface area contributed by atoms with Gasteiger partial charge in [0, 0.05) is 20.0 Å². The molecule has 0 spiro atoms. The largest absolute Gasteiger partial charge is 0.483 e. The van der Waals surface area contributed by atoms with Gasteiger partial charge in [0.25, 0.3) is 5.91 Å². The number of nitrogens with zero attached hydrogens (tertiary/aromatic N) is 1. The predicted molar refractivity (Wildman–Crippen MR) is 126 cm³/mol. The summed E-state index contributed by atoms with van der Waals surface area (Å²) in [7, 11) is 1.55. The van der Waals surface area contributed by atoms with E-state index in [-0.39, 0.29) is 30.8 Å². The number of rotatable bonds is 9. The summed E-state index contributed by atoms with van der Waals surface area (Å²) < 4.78 is 19.3. The maximum Gasteiger partial charge on any atom is 0.261 e. The van der Waals surface area contributed by atoms with Crippen LogP contribution in [-0.4, -0.2) is 36.4 Å². The molecule has 0 bridgehead atoms. The molecule has 3 aromatic rings. The van der Waals surface area contributed by atoms with E-state index in [0.29, 0.717) is 12.2 Å². The van der Waals surface area contributed by atoms with Crippen LogP contribution in [0.15, 0.2) is 72.8 Å². The average molecular weight is 449 g/mol. The topological polar surface area (TPSA) is 58.6 Å². The molecule has 2 amide bonds. The van der Waals surface area contributed by atoms with Gasteiger partial charge < -0.3 is 15.0 Å². The van der Waals surface area contributed by atoms with E-state index < -0.39 is 6.04 Å². The van der Waals surface area contributed by atoms with Gasteiger partial charge in [0.15, 0.2) is 6.61 Å². The number of amides is 2. The highest BCUT2D eigenvalue weighted by atomic mass is 19.1. The number of carbonyl (C=O) groups is 2. The Morgan fingerprint density at radius 1 is 0.970 bits per heavy atom. The monoisotopic (exact) mass is 448 g/mol. The summed E-state index contributed by atoms with van der Waals surface area (Å²) in [6, 6.07) is 20.5. The van der Waals surface area contributed by atoms with Gasteiger partial charge in [-0.2, -0.15) is 0 Å². The summed E-state index contributed by atoms with van der Waals surface area (Å²) in [5.74, 6) is -0.336. The molecule has 1 atom stereocenters. The lowest BCUT2D eigenvalue weighted by Gasteiger charge is -2.31. The van der Waals surface area contributed by atoms with Crippen molar-refractivity contribution in [2.24, 2.45) is 0 Å². The lowest BCUT2D eigenvalue weighted by Crippen LogP contribution is -2.51. The van der Waals surface area contributed by atoms with Crippen molar-refractivity contribution in [2.75, 3.05) is 13.7 Å². The summed E-state index contributed by atoms with van der Waals surface area (Å²) >= 11 is 0. The third-order valence-corrected chi connectivity index (χ3v) is 5.48. The van der Waals surface area contributed by atoms with E-state index in [2.05, 4.69) is 5.32 Å². The SMILES string of the molecule is CNC(=O)[C@H](Cc1ccccc1)N(Cc1ccc(F)cc1)C(=O)COc1cc(C)ccc1C. The van der Waals surface area contributed by atoms with Crippen LogP contribution in [0.4, 0.5) is 4.39 Å². The highest BCUT2D eigenvalue weighted by molar-refractivity contribution is 5.88. The van der Waals surface area contributed by atoms with Crippen molar-refractivity contribution in [3.8, 4) is 5.75 Å². The van der Waals surface area contributed by atoms with Crippen LogP contribution in [0, 0.1) is 19.7 Å². The van der Waals surface area contributed by atoms with Gasteiger partial charge >= 0.3 is 0 Å². The lowest BCUT2D eigenvalue weighted by molar-refractivity contribution is -0.142. The lowest BCUT2D eigenvalue weighted by atomic mass is 10.0. The van der Waals surface area contributed by atoms with Crippen molar-refractivity contribution < 1.29 is 18.7 Å². The third kappa shape index (κ3) is 6.65. The van der Waals surface area contributed by atoms with Crippen molar-refractivity contribution in [1.29, 1.82) is 0 Å². The van der Waals surface area contributed by atoms with Crippen LogP contribution in [-0.2, 0) is 22.6 Å². The Kier molecular flexibility index (Phi) is 8.19. The van der Waals surface area contributed by atoms with E-state index in [0.717, 1.165) is 22.3 Å². The molecule has 172 valence electrons. The summed E-state index contributed by atoms with van der Waals surface area (Å²) in [6.07, 6.45) is 0.344. The number of aryl methyl sites for hydroxylation is 2. The molecule has 1 N–H and O–H groups in total. The molecule has 0 radical (unpaired) electrons. The van der Waals surface area contributed by atoms with E-state index >= 15 is 0 Å². The van der Waals surface area contributed by atoms with Crippen molar-refractivity contribution in [3.05, 3.63) is 101 Å². The minimum Gasteiger partial charge on any atom is -0.483 e. The summed E-state index contributed by atoms with van der Waals surface area (Å²) in [4.78, 5) is 27.8. The Balaban J connectivity index is 1.88. The number of halogens is 1. The zero-order chi connectivity index (χ0) is 23.8. The van der Waals surface area contributed by atoms with Crippen molar-refractivity contribution in [2.45, 2.75) is 32.9 Å². The number of hydrogen-bond acceptors (Lipinski definition) is 3. The molecular weight excluding hydrogens is 419 g/mol. The zero-order valence-electron chi connectivity index (χ0n) is 19.2. The quantitative estimate of drug-likeness (QED) is 0.534. The molecule has 0 saturated carbocycles. The molecule has 0 unspecified atom stereocenters. The van der Waals surface area contributed by atoms with Gasteiger partial charge in [0.05, 0.1) is 0 Å². The van der Waals surface area contributed by atoms with Gasteiger partial charge in [-0.05, 0) is 54.3 Å². The first kappa shape index (κ1) is 24.0. The molecule has 0 aliphatic carbocycles. The number of ether oxygens (including phenoxy) is 1. The molecule has 0 aliphatic heterocycles. The van der Waals surface area contributed by atoms with Crippen LogP contribution >= 0.6 is 0 Å². The summed E-state index contributed by atoms with van der Waals surface area (Å²) in [6.45, 7) is 3.81. The first-order valence-electron chi connectivity index (χ1n) is 10.9. The fraction of sp³-hybridized carbons (Fsp3) is 0.259. The van der Waals surface area contributed by atoms with Gasteiger partial charge in [-0.15, -0.1) is 0 Å².